The van der Waals surface area contributed by atoms with Gasteiger partial charge in [0.1, 0.15) is 73.2 Å². The van der Waals surface area contributed by atoms with Crippen LogP contribution in [0.3, 0.4) is 0 Å². The first-order chi connectivity index (χ1) is 45.3. The first-order valence-corrected chi connectivity index (χ1v) is 38.1. The Bertz CT molecular complexity index is 1780. The highest BCUT2D eigenvalue weighted by atomic mass is 16.8. The Morgan fingerprint density at radius 3 is 1.04 bits per heavy atom. The van der Waals surface area contributed by atoms with E-state index in [1.165, 1.54) is 231 Å². The Balaban J connectivity index is 1.40. The quantitative estimate of drug-likeness (QED) is 0.0199. The zero-order valence-electron chi connectivity index (χ0n) is 58.3. The van der Waals surface area contributed by atoms with E-state index >= 15 is 0 Å². The van der Waals surface area contributed by atoms with Gasteiger partial charge in [-0.2, -0.15) is 0 Å². The molecule has 93 heavy (non-hydrogen) atoms. The number of hydrogen-bond acceptors (Lipinski definition) is 18. The Labute approximate surface area is 562 Å². The van der Waals surface area contributed by atoms with E-state index in [0.717, 1.165) is 51.4 Å². The molecule has 0 aromatic rings. The summed E-state index contributed by atoms with van der Waals surface area (Å²) < 4.78 is 34.4. The number of rotatable bonds is 60. The van der Waals surface area contributed by atoms with Gasteiger partial charge in [0.25, 0.3) is 0 Å². The molecule has 0 aromatic carbocycles. The smallest absolute Gasteiger partial charge is 0.220 e. The molecule has 3 aliphatic rings. The average molecular weight is 1330 g/mol. The molecule has 19 nitrogen and oxygen atoms in total. The second kappa shape index (κ2) is 56.1. The Hall–Kier alpha value is -1.73. The molecule has 0 bridgehead atoms. The van der Waals surface area contributed by atoms with E-state index in [4.69, 9.17) is 28.4 Å². The molecule has 3 fully saturated rings. The van der Waals surface area contributed by atoms with Gasteiger partial charge in [0.15, 0.2) is 18.9 Å². The van der Waals surface area contributed by atoms with Gasteiger partial charge in [-0.15, -0.1) is 0 Å². The number of carbonyl (C=O) groups is 1. The molecule has 0 radical (unpaired) electrons. The number of aliphatic hydroxyl groups excluding tert-OH is 11. The lowest BCUT2D eigenvalue weighted by molar-refractivity contribution is -0.379. The molecule has 548 valence electrons. The maximum Gasteiger partial charge on any atom is 0.220 e. The highest BCUT2D eigenvalue weighted by Crippen LogP contribution is 2.33. The van der Waals surface area contributed by atoms with Crippen molar-refractivity contribution in [2.75, 3.05) is 26.4 Å². The van der Waals surface area contributed by atoms with Crippen LogP contribution in [0.1, 0.15) is 309 Å². The Morgan fingerprint density at radius 1 is 0.376 bits per heavy atom. The zero-order valence-corrected chi connectivity index (χ0v) is 58.3. The molecule has 3 rings (SSSR count). The Morgan fingerprint density at radius 2 is 0.677 bits per heavy atom. The molecular formula is C74H139NO18. The van der Waals surface area contributed by atoms with Gasteiger partial charge >= 0.3 is 0 Å². The highest BCUT2D eigenvalue weighted by molar-refractivity contribution is 5.76. The maximum absolute atomic E-state index is 13.4. The first-order valence-electron chi connectivity index (χ1n) is 38.1. The van der Waals surface area contributed by atoms with Gasteiger partial charge in [-0.05, 0) is 44.9 Å². The van der Waals surface area contributed by atoms with Crippen LogP contribution in [0.15, 0.2) is 24.3 Å². The minimum Gasteiger partial charge on any atom is -0.394 e. The van der Waals surface area contributed by atoms with E-state index in [1.807, 2.05) is 6.08 Å². The van der Waals surface area contributed by atoms with Gasteiger partial charge in [-0.25, -0.2) is 0 Å². The van der Waals surface area contributed by atoms with Crippen molar-refractivity contribution < 1.29 is 89.4 Å². The summed E-state index contributed by atoms with van der Waals surface area (Å²) in [5.41, 5.74) is 0. The standard InChI is InChI=1S/C74H139NO18/c1-3-5-7-9-11-13-15-17-19-21-23-24-25-26-27-28-29-30-31-32-34-35-37-39-41-43-45-47-49-51-58(79)57(75-62(80)52-50-48-46-44-42-40-38-36-33-22-20-18-16-14-12-10-8-6-4-2)56-88-72-68(86)65(83)70(60(54-77)90-72)93-74-69(87)66(84)71(61(55-78)91-74)92-73-67(85)64(82)63(81)59(53-76)89-73/h18,20,49,51,57-61,63-74,76-79,81-87H,3-17,19,21-48,50,52-56H2,1-2H3,(H,75,80)/b20-18-,51-49+. The third kappa shape index (κ3) is 37.3. The van der Waals surface area contributed by atoms with E-state index in [2.05, 4.69) is 31.3 Å². The molecule has 0 spiro atoms. The molecule has 0 saturated carbocycles. The van der Waals surface area contributed by atoms with Crippen LogP contribution in [0.25, 0.3) is 0 Å². The third-order valence-electron chi connectivity index (χ3n) is 19.2. The number of carbonyl (C=O) groups excluding carboxylic acids is 1. The van der Waals surface area contributed by atoms with E-state index < -0.39 is 124 Å². The monoisotopic (exact) mass is 1330 g/mol. The summed E-state index contributed by atoms with van der Waals surface area (Å²) in [4.78, 5) is 13.4. The zero-order chi connectivity index (χ0) is 67.5. The summed E-state index contributed by atoms with van der Waals surface area (Å²) in [5, 5.41) is 121. The van der Waals surface area contributed by atoms with E-state index in [9.17, 15) is 61.0 Å². The number of nitrogens with one attached hydrogen (secondary N) is 1. The normalized spacial score (nSPS) is 27.6. The summed E-state index contributed by atoms with van der Waals surface area (Å²) in [6, 6.07) is -0.973. The first kappa shape index (κ1) is 85.5. The molecule has 0 aromatic heterocycles. The van der Waals surface area contributed by atoms with Gasteiger partial charge in [0.05, 0.1) is 38.6 Å². The van der Waals surface area contributed by atoms with E-state index in [-0.39, 0.29) is 18.9 Å². The molecule has 0 aliphatic carbocycles. The van der Waals surface area contributed by atoms with Crippen LogP contribution in [0, 0.1) is 0 Å². The van der Waals surface area contributed by atoms with Crippen molar-refractivity contribution >= 4 is 5.91 Å². The van der Waals surface area contributed by atoms with E-state index in [0.29, 0.717) is 6.42 Å². The number of hydrogen-bond donors (Lipinski definition) is 12. The number of amides is 1. The van der Waals surface area contributed by atoms with Crippen molar-refractivity contribution in [2.24, 2.45) is 0 Å². The minimum absolute atomic E-state index is 0.243. The fourth-order valence-corrected chi connectivity index (χ4v) is 13.1. The van der Waals surface area contributed by atoms with Crippen LogP contribution in [0.5, 0.6) is 0 Å². The predicted octanol–water partition coefficient (Wildman–Crippen LogP) is 11.4. The number of aliphatic hydroxyl groups is 11. The summed E-state index contributed by atoms with van der Waals surface area (Å²) in [5.74, 6) is -0.273. The molecule has 17 atom stereocenters. The summed E-state index contributed by atoms with van der Waals surface area (Å²) in [7, 11) is 0. The van der Waals surface area contributed by atoms with Crippen molar-refractivity contribution in [2.45, 2.75) is 413 Å². The van der Waals surface area contributed by atoms with Crippen molar-refractivity contribution in [1.29, 1.82) is 0 Å². The van der Waals surface area contributed by atoms with Gasteiger partial charge in [-0.1, -0.05) is 282 Å². The van der Waals surface area contributed by atoms with Gasteiger partial charge in [0.2, 0.25) is 5.91 Å². The molecule has 1 amide bonds. The van der Waals surface area contributed by atoms with Gasteiger partial charge in [0, 0.05) is 6.42 Å². The number of allylic oxidation sites excluding steroid dienone is 3. The number of unbranched alkanes of at least 4 members (excludes halogenated alkanes) is 42. The van der Waals surface area contributed by atoms with Crippen molar-refractivity contribution in [3.8, 4) is 0 Å². The van der Waals surface area contributed by atoms with Gasteiger partial charge < -0.3 is 89.9 Å². The van der Waals surface area contributed by atoms with Crippen LogP contribution < -0.4 is 5.32 Å². The maximum atomic E-state index is 13.4. The largest absolute Gasteiger partial charge is 0.394 e. The molecule has 3 heterocycles. The van der Waals surface area contributed by atoms with Crippen molar-refractivity contribution in [3.05, 3.63) is 24.3 Å². The SMILES string of the molecule is CCCCCCCC/C=C\CCCCCCCCCCCC(=O)NC(COC1OC(CO)C(OC2OC(CO)C(OC3OC(CO)C(O)C(O)C3O)C(O)C2O)C(O)C1O)C(O)/C=C/CCCCCCCCCCCCCCCCCCCCCCCCCCCCC. The Kier molecular flexibility index (Phi) is 51.5. The van der Waals surface area contributed by atoms with Crippen LogP contribution in [0.4, 0.5) is 0 Å². The lowest BCUT2D eigenvalue weighted by Crippen LogP contribution is -2.66. The molecule has 12 N–H and O–H groups in total. The fraction of sp³-hybridized carbons (Fsp3) is 0.932. The lowest BCUT2D eigenvalue weighted by atomic mass is 9.96. The van der Waals surface area contributed by atoms with Crippen LogP contribution in [-0.2, 0) is 33.2 Å². The topological polar surface area (TPSA) is 307 Å². The van der Waals surface area contributed by atoms with Crippen molar-refractivity contribution in [3.63, 3.8) is 0 Å². The second-order valence-corrected chi connectivity index (χ2v) is 27.5. The molecule has 3 aliphatic heterocycles. The molecular weight excluding hydrogens is 1190 g/mol. The second-order valence-electron chi connectivity index (χ2n) is 27.5. The fourth-order valence-electron chi connectivity index (χ4n) is 13.1. The predicted molar refractivity (Wildman–Crippen MR) is 365 cm³/mol. The molecule has 17 unspecified atom stereocenters. The highest BCUT2D eigenvalue weighted by Gasteiger charge is 2.53. The van der Waals surface area contributed by atoms with Crippen LogP contribution in [-0.4, -0.2) is 193 Å². The summed E-state index contributed by atoms with van der Waals surface area (Å²) in [6.45, 7) is 1.77. The van der Waals surface area contributed by atoms with Gasteiger partial charge in [-0.3, -0.25) is 4.79 Å². The molecule has 19 heteroatoms. The summed E-state index contributed by atoms with van der Waals surface area (Å²) in [6.07, 6.45) is 38.7. The number of ether oxygens (including phenoxy) is 6. The minimum atomic E-state index is -1.98. The summed E-state index contributed by atoms with van der Waals surface area (Å²) >= 11 is 0. The van der Waals surface area contributed by atoms with Crippen molar-refractivity contribution in [1.82, 2.24) is 5.32 Å². The van der Waals surface area contributed by atoms with E-state index in [1.54, 1.807) is 6.08 Å². The lowest BCUT2D eigenvalue weighted by Gasteiger charge is -2.48. The van der Waals surface area contributed by atoms with Crippen LogP contribution >= 0.6 is 0 Å². The third-order valence-corrected chi connectivity index (χ3v) is 19.2. The average Bonchev–Trinajstić information content (AvgIpc) is 0.985. The molecule has 3 saturated heterocycles. The van der Waals surface area contributed by atoms with Crippen LogP contribution in [0.2, 0.25) is 0 Å².